The van der Waals surface area contributed by atoms with Gasteiger partial charge in [0.25, 0.3) is 0 Å². The molecule has 1 heterocycles. The fourth-order valence-electron chi connectivity index (χ4n) is 1.78. The highest BCUT2D eigenvalue weighted by molar-refractivity contribution is 5.80. The monoisotopic (exact) mass is 270 g/mol. The Labute approximate surface area is 111 Å². The van der Waals surface area contributed by atoms with E-state index in [0.717, 1.165) is 4.90 Å². The summed E-state index contributed by atoms with van der Waals surface area (Å²) in [5.74, 6) is 1.14. The molecule has 1 saturated heterocycles. The molecule has 0 spiro atoms. The molecule has 1 fully saturated rings. The number of amides is 2. The molecule has 0 aromatic heterocycles. The smallest absolute Gasteiger partial charge is 0.323 e. The van der Waals surface area contributed by atoms with Gasteiger partial charge in [-0.05, 0) is 0 Å². The maximum atomic E-state index is 11.8. The van der Waals surface area contributed by atoms with Crippen LogP contribution in [0.2, 0.25) is 0 Å². The first-order chi connectivity index (χ1) is 9.03. The van der Waals surface area contributed by atoms with E-state index < -0.39 is 24.1 Å². The number of carboxylic acids is 1. The molecular formula is C12H18N2O5. The summed E-state index contributed by atoms with van der Waals surface area (Å²) in [7, 11) is 1.55. The molecule has 106 valence electrons. The zero-order valence-electron chi connectivity index (χ0n) is 10.8. The molecule has 1 aliphatic rings. The van der Waals surface area contributed by atoms with Crippen LogP contribution in [0.3, 0.4) is 0 Å². The Balaban J connectivity index is 2.52. The zero-order valence-corrected chi connectivity index (χ0v) is 10.8. The van der Waals surface area contributed by atoms with Gasteiger partial charge >= 0.3 is 12.0 Å². The Bertz CT molecular complexity index is 371. The van der Waals surface area contributed by atoms with Gasteiger partial charge in [-0.3, -0.25) is 4.79 Å². The number of nitrogens with one attached hydrogen (secondary N) is 1. The highest BCUT2D eigenvalue weighted by atomic mass is 16.5. The maximum Gasteiger partial charge on any atom is 0.323 e. The van der Waals surface area contributed by atoms with Gasteiger partial charge in [0.2, 0.25) is 0 Å². The molecule has 0 radical (unpaired) electrons. The first-order valence-corrected chi connectivity index (χ1v) is 5.84. The number of carbonyl (C=O) groups is 2. The first kappa shape index (κ1) is 15.3. The number of hydrogen-bond acceptors (Lipinski definition) is 4. The van der Waals surface area contributed by atoms with E-state index in [1.165, 1.54) is 0 Å². The Morgan fingerprint density at radius 2 is 2.37 bits per heavy atom. The highest BCUT2D eigenvalue weighted by Crippen LogP contribution is 2.21. The van der Waals surface area contributed by atoms with Crippen molar-refractivity contribution in [2.75, 3.05) is 40.0 Å². The molecule has 2 N–H and O–H groups in total. The molecule has 0 aromatic rings. The third-order valence-electron chi connectivity index (χ3n) is 2.96. The Morgan fingerprint density at radius 3 is 2.84 bits per heavy atom. The number of methoxy groups -OCH3 is 1. The molecule has 1 unspecified atom stereocenters. The van der Waals surface area contributed by atoms with Crippen LogP contribution in [0.1, 0.15) is 6.42 Å². The van der Waals surface area contributed by atoms with Crippen molar-refractivity contribution in [2.24, 2.45) is 0 Å². The van der Waals surface area contributed by atoms with Crippen LogP contribution >= 0.6 is 0 Å². The van der Waals surface area contributed by atoms with Crippen LogP contribution in [-0.4, -0.2) is 67.6 Å². The Morgan fingerprint density at radius 1 is 1.63 bits per heavy atom. The standard InChI is InChI=1S/C12H18N2O5/c1-3-5-14(7-10(15)16)11(17)13-8-12(18-2)4-6-19-9-12/h1H,4-9H2,2H3,(H,13,17)(H,15,16). The predicted octanol–water partition coefficient (Wildman–Crippen LogP) is -0.479. The quantitative estimate of drug-likeness (QED) is 0.637. The average Bonchev–Trinajstić information content (AvgIpc) is 2.84. The molecule has 7 heteroatoms. The summed E-state index contributed by atoms with van der Waals surface area (Å²) in [4.78, 5) is 23.5. The molecule has 2 amide bonds. The largest absolute Gasteiger partial charge is 0.480 e. The lowest BCUT2D eigenvalue weighted by Crippen LogP contribution is -2.50. The van der Waals surface area contributed by atoms with E-state index in [4.69, 9.17) is 21.0 Å². The number of carbonyl (C=O) groups excluding carboxylic acids is 1. The van der Waals surface area contributed by atoms with E-state index in [1.54, 1.807) is 7.11 Å². The Hall–Kier alpha value is -1.78. The third kappa shape index (κ3) is 4.43. The third-order valence-corrected chi connectivity index (χ3v) is 2.96. The summed E-state index contributed by atoms with van der Waals surface area (Å²) < 4.78 is 10.6. The van der Waals surface area contributed by atoms with Crippen LogP contribution < -0.4 is 5.32 Å². The van der Waals surface area contributed by atoms with E-state index in [-0.39, 0.29) is 13.1 Å². The number of carboxylic acid groups (broad SMARTS) is 1. The molecule has 1 aliphatic heterocycles. The lowest BCUT2D eigenvalue weighted by atomic mass is 10.0. The van der Waals surface area contributed by atoms with Crippen LogP contribution in [0.5, 0.6) is 0 Å². The van der Waals surface area contributed by atoms with E-state index in [1.807, 2.05) is 0 Å². The van der Waals surface area contributed by atoms with Crippen LogP contribution in [0, 0.1) is 12.3 Å². The second kappa shape index (κ2) is 6.97. The fraction of sp³-hybridized carbons (Fsp3) is 0.667. The van der Waals surface area contributed by atoms with Crippen molar-refractivity contribution in [1.29, 1.82) is 0 Å². The van der Waals surface area contributed by atoms with Crippen LogP contribution in [0.15, 0.2) is 0 Å². The van der Waals surface area contributed by atoms with Gasteiger partial charge in [0.05, 0.1) is 19.7 Å². The second-order valence-corrected chi connectivity index (χ2v) is 4.30. The summed E-state index contributed by atoms with van der Waals surface area (Å²) in [5.41, 5.74) is -0.541. The Kier molecular flexibility index (Phi) is 5.60. The van der Waals surface area contributed by atoms with Gasteiger partial charge in [0.15, 0.2) is 0 Å². The van der Waals surface area contributed by atoms with Crippen molar-refractivity contribution in [3.8, 4) is 12.3 Å². The highest BCUT2D eigenvalue weighted by Gasteiger charge is 2.35. The van der Waals surface area contributed by atoms with Crippen LogP contribution in [0.25, 0.3) is 0 Å². The first-order valence-electron chi connectivity index (χ1n) is 5.84. The van der Waals surface area contributed by atoms with E-state index in [0.29, 0.717) is 19.6 Å². The number of nitrogens with zero attached hydrogens (tertiary/aromatic N) is 1. The molecule has 1 rings (SSSR count). The number of terminal acetylenes is 1. The lowest BCUT2D eigenvalue weighted by Gasteiger charge is -2.27. The summed E-state index contributed by atoms with van der Waals surface area (Å²) in [6.07, 6.45) is 5.78. The SMILES string of the molecule is C#CCN(CC(=O)O)C(=O)NCC1(OC)CCOC1. The van der Waals surface area contributed by atoms with Gasteiger partial charge in [-0.1, -0.05) is 5.92 Å². The normalized spacial score (nSPS) is 21.7. The number of hydrogen-bond donors (Lipinski definition) is 2. The van der Waals surface area contributed by atoms with Gasteiger partial charge < -0.3 is 24.8 Å². The number of rotatable bonds is 6. The van der Waals surface area contributed by atoms with E-state index in [9.17, 15) is 9.59 Å². The average molecular weight is 270 g/mol. The number of urea groups is 1. The van der Waals surface area contributed by atoms with Crippen molar-refractivity contribution in [1.82, 2.24) is 10.2 Å². The van der Waals surface area contributed by atoms with Crippen molar-refractivity contribution in [3.63, 3.8) is 0 Å². The van der Waals surface area contributed by atoms with Gasteiger partial charge in [-0.15, -0.1) is 6.42 Å². The summed E-state index contributed by atoms with van der Waals surface area (Å²) in [6.45, 7) is 0.731. The predicted molar refractivity (Wildman–Crippen MR) is 66.6 cm³/mol. The maximum absolute atomic E-state index is 11.8. The molecule has 0 aliphatic carbocycles. The van der Waals surface area contributed by atoms with Gasteiger partial charge in [0.1, 0.15) is 12.1 Å². The van der Waals surface area contributed by atoms with Gasteiger partial charge in [-0.2, -0.15) is 0 Å². The van der Waals surface area contributed by atoms with Crippen molar-refractivity contribution >= 4 is 12.0 Å². The van der Waals surface area contributed by atoms with Crippen LogP contribution in [-0.2, 0) is 14.3 Å². The fourth-order valence-corrected chi connectivity index (χ4v) is 1.78. The second-order valence-electron chi connectivity index (χ2n) is 4.30. The molecule has 7 nitrogen and oxygen atoms in total. The lowest BCUT2D eigenvalue weighted by molar-refractivity contribution is -0.137. The van der Waals surface area contributed by atoms with Crippen LogP contribution in [0.4, 0.5) is 4.79 Å². The van der Waals surface area contributed by atoms with Crippen molar-refractivity contribution < 1.29 is 24.2 Å². The minimum Gasteiger partial charge on any atom is -0.480 e. The van der Waals surface area contributed by atoms with E-state index >= 15 is 0 Å². The van der Waals surface area contributed by atoms with Crippen molar-refractivity contribution in [2.45, 2.75) is 12.0 Å². The summed E-state index contributed by atoms with van der Waals surface area (Å²) in [6, 6.07) is -0.524. The molecule has 0 aromatic carbocycles. The zero-order chi connectivity index (χ0) is 14.3. The van der Waals surface area contributed by atoms with Crippen molar-refractivity contribution in [3.05, 3.63) is 0 Å². The number of ether oxygens (including phenoxy) is 2. The summed E-state index contributed by atoms with van der Waals surface area (Å²) >= 11 is 0. The topological polar surface area (TPSA) is 88.1 Å². The molecule has 19 heavy (non-hydrogen) atoms. The number of aliphatic carboxylic acids is 1. The molecule has 1 atom stereocenters. The van der Waals surface area contributed by atoms with Gasteiger partial charge in [-0.25, -0.2) is 4.79 Å². The summed E-state index contributed by atoms with van der Waals surface area (Å²) in [5, 5.41) is 11.3. The van der Waals surface area contributed by atoms with E-state index in [2.05, 4.69) is 11.2 Å². The van der Waals surface area contributed by atoms with Gasteiger partial charge in [0, 0.05) is 20.1 Å². The molecule has 0 saturated carbocycles. The minimum atomic E-state index is -1.11. The molecule has 0 bridgehead atoms. The molecular weight excluding hydrogens is 252 g/mol. The minimum absolute atomic E-state index is 0.0609.